The second kappa shape index (κ2) is 9.26. The third kappa shape index (κ3) is 4.20. The lowest BCUT2D eigenvalue weighted by Crippen LogP contribution is -2.28. The van der Waals surface area contributed by atoms with Gasteiger partial charge in [0.2, 0.25) is 0 Å². The second-order valence-electron chi connectivity index (χ2n) is 7.67. The van der Waals surface area contributed by atoms with E-state index in [1.54, 1.807) is 17.2 Å². The lowest BCUT2D eigenvalue weighted by molar-refractivity contribution is -0.122. The zero-order valence-electron chi connectivity index (χ0n) is 18.2. The van der Waals surface area contributed by atoms with Crippen molar-refractivity contribution < 1.29 is 4.79 Å². The minimum atomic E-state index is -0.234. The van der Waals surface area contributed by atoms with Crippen LogP contribution >= 0.6 is 24.0 Å². The molecule has 8 heteroatoms. The van der Waals surface area contributed by atoms with Crippen molar-refractivity contribution in [3.8, 4) is 0 Å². The summed E-state index contributed by atoms with van der Waals surface area (Å²) in [5, 5.41) is 3.39. The van der Waals surface area contributed by atoms with Crippen molar-refractivity contribution in [2.45, 2.75) is 33.2 Å². The molecule has 2 aromatic heterocycles. The maximum absolute atomic E-state index is 13.5. The Morgan fingerprint density at radius 3 is 2.66 bits per heavy atom. The highest BCUT2D eigenvalue weighted by atomic mass is 32.2. The van der Waals surface area contributed by atoms with Crippen molar-refractivity contribution in [1.82, 2.24) is 14.3 Å². The summed E-state index contributed by atoms with van der Waals surface area (Å²) in [6.07, 6.45) is 4.13. The van der Waals surface area contributed by atoms with E-state index < -0.39 is 0 Å². The molecule has 1 aromatic carbocycles. The Kier molecular flexibility index (Phi) is 6.43. The van der Waals surface area contributed by atoms with E-state index in [0.717, 1.165) is 17.5 Å². The fourth-order valence-corrected chi connectivity index (χ4v) is 4.92. The van der Waals surface area contributed by atoms with Crippen LogP contribution in [0.25, 0.3) is 11.7 Å². The number of aromatic nitrogens is 2. The molecule has 1 aliphatic heterocycles. The van der Waals surface area contributed by atoms with Gasteiger partial charge in [0.15, 0.2) is 0 Å². The summed E-state index contributed by atoms with van der Waals surface area (Å²) < 4.78 is 2.03. The molecule has 6 nitrogen and oxygen atoms in total. The van der Waals surface area contributed by atoms with Crippen molar-refractivity contribution in [3.05, 3.63) is 80.6 Å². The van der Waals surface area contributed by atoms with Crippen molar-refractivity contribution in [1.29, 1.82) is 0 Å². The predicted octanol–water partition coefficient (Wildman–Crippen LogP) is 4.79. The molecule has 1 fully saturated rings. The molecule has 1 unspecified atom stereocenters. The molecule has 0 bridgehead atoms. The molecule has 1 atom stereocenters. The minimum Gasteiger partial charge on any atom is -0.363 e. The van der Waals surface area contributed by atoms with Crippen LogP contribution in [-0.2, 0) is 4.79 Å². The predicted molar refractivity (Wildman–Crippen MR) is 135 cm³/mol. The molecule has 0 aliphatic carbocycles. The Morgan fingerprint density at radius 1 is 1.19 bits per heavy atom. The first-order valence-corrected chi connectivity index (χ1v) is 11.7. The quantitative estimate of drug-likeness (QED) is 0.418. The molecule has 164 valence electrons. The van der Waals surface area contributed by atoms with Gasteiger partial charge in [-0.15, -0.1) is 0 Å². The van der Waals surface area contributed by atoms with Gasteiger partial charge < -0.3 is 5.32 Å². The van der Waals surface area contributed by atoms with Crippen molar-refractivity contribution >= 4 is 51.7 Å². The van der Waals surface area contributed by atoms with Crippen LogP contribution in [0, 0.1) is 6.92 Å². The molecule has 1 N–H and O–H groups in total. The zero-order valence-corrected chi connectivity index (χ0v) is 19.8. The highest BCUT2D eigenvalue weighted by molar-refractivity contribution is 8.26. The van der Waals surface area contributed by atoms with Crippen LogP contribution < -0.4 is 10.9 Å². The van der Waals surface area contributed by atoms with Gasteiger partial charge in [0.05, 0.1) is 10.5 Å². The van der Waals surface area contributed by atoms with Crippen LogP contribution in [0.3, 0.4) is 0 Å². The van der Waals surface area contributed by atoms with E-state index in [9.17, 15) is 9.59 Å². The number of carbonyl (C=O) groups excluding carboxylic acids is 1. The van der Waals surface area contributed by atoms with Crippen LogP contribution in [0.4, 0.5) is 5.82 Å². The van der Waals surface area contributed by atoms with Crippen molar-refractivity contribution in [2.75, 3.05) is 11.9 Å². The Balaban J connectivity index is 1.84. The Hall–Kier alpha value is -2.97. The topological polar surface area (TPSA) is 66.7 Å². The van der Waals surface area contributed by atoms with Gasteiger partial charge in [0.25, 0.3) is 11.5 Å². The number of nitrogens with zero attached hydrogens (tertiary/aromatic N) is 3. The highest BCUT2D eigenvalue weighted by Gasteiger charge is 2.32. The first-order chi connectivity index (χ1) is 15.4. The molecule has 0 radical (unpaired) electrons. The Morgan fingerprint density at radius 2 is 1.94 bits per heavy atom. The lowest BCUT2D eigenvalue weighted by atomic mass is 10.1. The smallest absolute Gasteiger partial charge is 0.267 e. The maximum Gasteiger partial charge on any atom is 0.267 e. The number of benzene rings is 1. The average Bonchev–Trinajstić information content (AvgIpc) is 3.05. The summed E-state index contributed by atoms with van der Waals surface area (Å²) >= 11 is 6.61. The summed E-state index contributed by atoms with van der Waals surface area (Å²) in [6.45, 7) is 6.49. The number of aryl methyl sites for hydroxylation is 1. The van der Waals surface area contributed by atoms with E-state index >= 15 is 0 Å². The lowest BCUT2D eigenvalue weighted by Gasteiger charge is -2.18. The van der Waals surface area contributed by atoms with Crippen molar-refractivity contribution in [2.24, 2.45) is 0 Å². The number of carbonyl (C=O) groups is 1. The van der Waals surface area contributed by atoms with E-state index in [4.69, 9.17) is 17.2 Å². The Labute approximate surface area is 196 Å². The van der Waals surface area contributed by atoms with Crippen LogP contribution in [-0.4, -0.2) is 31.1 Å². The largest absolute Gasteiger partial charge is 0.363 e. The standard InChI is InChI=1S/C24H24N4O2S2/c1-4-12-28-23(30)19(32-24(28)31)14-18-20(25-16(3)17-10-6-5-7-11-17)26-21-15(2)9-8-13-27(21)22(18)29/h5-11,13-14,16,25H,4,12H2,1-3H3. The number of amides is 1. The third-order valence-electron chi connectivity index (χ3n) is 5.33. The molecule has 3 heterocycles. The van der Waals surface area contributed by atoms with Crippen LogP contribution in [0.2, 0.25) is 0 Å². The molecule has 1 amide bonds. The number of fused-ring (bicyclic) bond motifs is 1. The summed E-state index contributed by atoms with van der Waals surface area (Å²) in [5.41, 5.74) is 2.64. The molecule has 0 spiro atoms. The summed E-state index contributed by atoms with van der Waals surface area (Å²) in [6, 6.07) is 13.6. The summed E-state index contributed by atoms with van der Waals surface area (Å²) in [5.74, 6) is 0.277. The van der Waals surface area contributed by atoms with E-state index in [1.165, 1.54) is 16.2 Å². The number of thiocarbonyl (C=S) groups is 1. The molecular formula is C24H24N4O2S2. The average molecular weight is 465 g/mol. The molecule has 3 aromatic rings. The molecule has 1 saturated heterocycles. The second-order valence-corrected chi connectivity index (χ2v) is 9.35. The molecular weight excluding hydrogens is 440 g/mol. The number of hydrogen-bond donors (Lipinski definition) is 1. The van der Waals surface area contributed by atoms with E-state index in [-0.39, 0.29) is 17.5 Å². The monoisotopic (exact) mass is 464 g/mol. The Bertz CT molecular complexity index is 1280. The van der Waals surface area contributed by atoms with Crippen molar-refractivity contribution in [3.63, 3.8) is 0 Å². The number of nitrogens with one attached hydrogen (secondary N) is 1. The minimum absolute atomic E-state index is 0.0867. The summed E-state index contributed by atoms with van der Waals surface area (Å²) in [7, 11) is 0. The van der Waals surface area contributed by atoms with Crippen LogP contribution in [0.5, 0.6) is 0 Å². The van der Waals surface area contributed by atoms with E-state index in [0.29, 0.717) is 32.8 Å². The highest BCUT2D eigenvalue weighted by Crippen LogP contribution is 2.33. The third-order valence-corrected chi connectivity index (χ3v) is 6.71. The molecule has 32 heavy (non-hydrogen) atoms. The summed E-state index contributed by atoms with van der Waals surface area (Å²) in [4.78, 5) is 33.2. The fraction of sp³-hybridized carbons (Fsp3) is 0.250. The normalized spacial score (nSPS) is 16.2. The first kappa shape index (κ1) is 22.2. The molecule has 1 aliphatic rings. The van der Waals surface area contributed by atoms with E-state index in [2.05, 4.69) is 5.32 Å². The van der Waals surface area contributed by atoms with Gasteiger partial charge in [-0.25, -0.2) is 4.98 Å². The number of hydrogen-bond acceptors (Lipinski definition) is 6. The van der Waals surface area contributed by atoms with Crippen LogP contribution in [0.15, 0.2) is 58.4 Å². The van der Waals surface area contributed by atoms with Gasteiger partial charge in [0.1, 0.15) is 15.8 Å². The van der Waals surface area contributed by atoms with Gasteiger partial charge in [-0.1, -0.05) is 67.3 Å². The molecule has 4 rings (SSSR count). The van der Waals surface area contributed by atoms with Gasteiger partial charge >= 0.3 is 0 Å². The number of thioether (sulfide) groups is 1. The number of rotatable bonds is 6. The van der Waals surface area contributed by atoms with Gasteiger partial charge in [-0.2, -0.15) is 0 Å². The van der Waals surface area contributed by atoms with E-state index in [1.807, 2.05) is 63.2 Å². The zero-order chi connectivity index (χ0) is 22.8. The first-order valence-electron chi connectivity index (χ1n) is 10.5. The molecule has 0 saturated carbocycles. The fourth-order valence-electron chi connectivity index (χ4n) is 3.63. The number of pyridine rings is 1. The SMILES string of the molecule is CCCN1C(=O)C(=Cc2c(NC(C)c3ccccc3)nc3c(C)cccn3c2=O)SC1=S. The van der Waals surface area contributed by atoms with Gasteiger partial charge in [0, 0.05) is 18.8 Å². The number of anilines is 1. The maximum atomic E-state index is 13.5. The van der Waals surface area contributed by atoms with Gasteiger partial charge in [-0.3, -0.25) is 18.9 Å². The van der Waals surface area contributed by atoms with Gasteiger partial charge in [-0.05, 0) is 43.5 Å². The van der Waals surface area contributed by atoms with Crippen LogP contribution in [0.1, 0.15) is 43.0 Å².